The number of phosphoric acid groups is 2. The molecule has 4 fully saturated rings. The van der Waals surface area contributed by atoms with Crippen LogP contribution in [-0.2, 0) is 55.9 Å². The molecule has 3 saturated carbocycles. The molecule has 0 bridgehead atoms. The molecule has 6 aliphatic rings. The van der Waals surface area contributed by atoms with E-state index in [2.05, 4.69) is 14.2 Å². The summed E-state index contributed by atoms with van der Waals surface area (Å²) in [6.07, 6.45) is 7.38. The quantitative estimate of drug-likeness (QED) is 0.141. The van der Waals surface area contributed by atoms with E-state index in [1.165, 1.54) is 6.08 Å². The lowest BCUT2D eigenvalue weighted by molar-refractivity contribution is -0.244. The molecule has 2 aliphatic heterocycles. The molecule has 0 aromatic carbocycles. The average molecular weight is 769 g/mol. The smallest absolute Gasteiger partial charge is 0.274 e. The van der Waals surface area contributed by atoms with Gasteiger partial charge in [0, 0.05) is 35.4 Å². The van der Waals surface area contributed by atoms with Crippen LogP contribution < -0.4 is 15.1 Å². The maximum atomic E-state index is 14.3. The Balaban J connectivity index is 1.11. The molecule has 0 aromatic heterocycles. The van der Waals surface area contributed by atoms with Crippen LogP contribution in [0.5, 0.6) is 0 Å². The lowest BCUT2D eigenvalue weighted by atomic mass is 9.46. The van der Waals surface area contributed by atoms with E-state index in [0.717, 1.165) is 17.7 Å². The van der Waals surface area contributed by atoms with E-state index in [0.29, 0.717) is 37.0 Å². The van der Waals surface area contributed by atoms with Gasteiger partial charge in [-0.2, -0.15) is 0 Å². The zero-order chi connectivity index (χ0) is 37.9. The van der Waals surface area contributed by atoms with E-state index < -0.39 is 100 Å². The fourth-order valence-corrected chi connectivity index (χ4v) is 11.5. The van der Waals surface area contributed by atoms with Crippen molar-refractivity contribution in [2.75, 3.05) is 26.3 Å². The van der Waals surface area contributed by atoms with Gasteiger partial charge in [-0.1, -0.05) is 38.8 Å². The van der Waals surface area contributed by atoms with Crippen molar-refractivity contribution in [3.63, 3.8) is 0 Å². The van der Waals surface area contributed by atoms with Crippen molar-refractivity contribution < 1.29 is 70.8 Å². The molecule has 0 aromatic rings. The zero-order valence-electron chi connectivity index (χ0n) is 28.9. The lowest BCUT2D eigenvalue weighted by Crippen LogP contribution is -2.63. The molecule has 52 heavy (non-hydrogen) atoms. The van der Waals surface area contributed by atoms with Crippen molar-refractivity contribution in [2.24, 2.45) is 28.6 Å². The number of ketones is 2. The number of nitrogens with one attached hydrogen (secondary N) is 1. The second-order valence-electron chi connectivity index (χ2n) is 14.6. The Morgan fingerprint density at radius 2 is 1.79 bits per heavy atom. The van der Waals surface area contributed by atoms with E-state index in [4.69, 9.17) is 14.0 Å². The number of fused-ring (bicyclic) bond motifs is 7. The summed E-state index contributed by atoms with van der Waals surface area (Å²) in [6.45, 7) is 2.75. The molecule has 0 radical (unpaired) electrons. The van der Waals surface area contributed by atoms with Crippen LogP contribution in [0.4, 0.5) is 0 Å². The maximum absolute atomic E-state index is 14.3. The summed E-state index contributed by atoms with van der Waals surface area (Å²) in [7, 11) is -11.3. The van der Waals surface area contributed by atoms with Gasteiger partial charge in [0.2, 0.25) is 5.91 Å². The van der Waals surface area contributed by atoms with Crippen LogP contribution in [0.2, 0.25) is 0 Å². The van der Waals surface area contributed by atoms with Gasteiger partial charge in [-0.15, -0.1) is 0 Å². The van der Waals surface area contributed by atoms with E-state index in [9.17, 15) is 48.0 Å². The number of aliphatic hydroxyl groups is 1. The first kappa shape index (κ1) is 39.0. The summed E-state index contributed by atoms with van der Waals surface area (Å²) in [5.41, 5.74) is -2.37. The predicted octanol–water partition coefficient (Wildman–Crippen LogP) is 0.752. The first-order chi connectivity index (χ1) is 24.4. The van der Waals surface area contributed by atoms with Crippen molar-refractivity contribution in [2.45, 2.75) is 83.4 Å². The molecule has 11 atom stereocenters. The Bertz CT molecular complexity index is 1710. The predicted molar refractivity (Wildman–Crippen MR) is 173 cm³/mol. The minimum absolute atomic E-state index is 0.0915. The number of Topliss-reactive ketones (excluding diaryl/α,β-unsaturated/α-hetero) is 1. The molecule has 2 heterocycles. The minimum atomic E-state index is -5.74. The lowest BCUT2D eigenvalue weighted by Gasteiger charge is -2.59. The largest absolute Gasteiger partial charge is 0.756 e. The van der Waals surface area contributed by atoms with Gasteiger partial charge < -0.3 is 38.7 Å². The SMILES string of the molecule is CCCC1O[C@@H]2C[C@H]3[C@@H]4CCC5=CC(=O)C=C[C@]5(C)[C@H]4[C@@H](O)C[C@]3(C)[C@]2(C(=O)COP(=O)([O-])OP(=O)([O-])OCCNC(=O)CN2C(=O)C=CC2=O)O1. The first-order valence-corrected chi connectivity index (χ1v) is 20.2. The van der Waals surface area contributed by atoms with Crippen LogP contribution in [0.25, 0.3) is 0 Å². The van der Waals surface area contributed by atoms with Crippen LogP contribution >= 0.6 is 15.6 Å². The van der Waals surface area contributed by atoms with Crippen LogP contribution in [0.15, 0.2) is 36.0 Å². The number of allylic oxidation sites excluding steroid dienone is 4. The Morgan fingerprint density at radius 3 is 2.48 bits per heavy atom. The van der Waals surface area contributed by atoms with E-state index in [-0.39, 0.29) is 30.0 Å². The number of aliphatic hydroxyl groups excluding tert-OH is 1. The number of ether oxygens (including phenoxy) is 2. The number of amides is 3. The zero-order valence-corrected chi connectivity index (χ0v) is 30.7. The number of phosphoric ester groups is 2. The fourth-order valence-electron chi connectivity index (χ4n) is 9.55. The molecule has 4 aliphatic carbocycles. The summed E-state index contributed by atoms with van der Waals surface area (Å²) < 4.78 is 51.3. The molecule has 1 saturated heterocycles. The van der Waals surface area contributed by atoms with Crippen molar-refractivity contribution in [3.8, 4) is 0 Å². The number of rotatable bonds is 14. The van der Waals surface area contributed by atoms with Crippen LogP contribution in [-0.4, -0.2) is 89.7 Å². The Morgan fingerprint density at radius 1 is 1.10 bits per heavy atom. The third kappa shape index (κ3) is 6.89. The number of carbonyl (C=O) groups is 5. The van der Waals surface area contributed by atoms with Gasteiger partial charge in [-0.3, -0.25) is 38.0 Å². The third-order valence-corrected chi connectivity index (χ3v) is 14.2. The number of carbonyl (C=O) groups excluding carboxylic acids is 5. The van der Waals surface area contributed by atoms with E-state index >= 15 is 0 Å². The van der Waals surface area contributed by atoms with Crippen LogP contribution in [0.1, 0.15) is 59.3 Å². The summed E-state index contributed by atoms with van der Waals surface area (Å²) >= 11 is 0. The second kappa shape index (κ2) is 14.2. The van der Waals surface area contributed by atoms with Gasteiger partial charge in [0.15, 0.2) is 23.5 Å². The van der Waals surface area contributed by atoms with Crippen LogP contribution in [0.3, 0.4) is 0 Å². The molecular weight excluding hydrogens is 726 g/mol. The Hall–Kier alpha value is -2.69. The molecule has 3 unspecified atom stereocenters. The second-order valence-corrected chi connectivity index (χ2v) is 17.6. The third-order valence-electron chi connectivity index (χ3n) is 11.7. The van der Waals surface area contributed by atoms with E-state index in [1.54, 1.807) is 6.08 Å². The van der Waals surface area contributed by atoms with Gasteiger partial charge in [0.1, 0.15) is 13.2 Å². The van der Waals surface area contributed by atoms with Crippen molar-refractivity contribution in [3.05, 3.63) is 36.0 Å². The Labute approximate surface area is 299 Å². The highest BCUT2D eigenvalue weighted by molar-refractivity contribution is 7.59. The monoisotopic (exact) mass is 768 g/mol. The van der Waals surface area contributed by atoms with Gasteiger partial charge >= 0.3 is 0 Å². The highest BCUT2D eigenvalue weighted by Gasteiger charge is 2.75. The molecular formula is C33H42N2O15P2-2. The standard InChI is InChI=1S/C33H44N2O15P2/c1-4-5-29-48-25-15-22-21-7-6-19-14-20(36)10-11-31(19,2)30(21)23(37)16-32(22,3)33(25,49-29)24(38)18-47-52(44,45)50-51(42,43)46-13-12-34-26(39)17-35-27(40)8-9-28(35)41/h8-11,14,21-23,25,29-30,37H,4-7,12-13,15-18H2,1-3H3,(H,34,39)(H,42,43)(H,44,45)/p-2/t21-,22-,23-,25+,29?,30+,31-,32-,33+/m0/s1. The molecule has 17 nitrogen and oxygen atoms in total. The highest BCUT2D eigenvalue weighted by atomic mass is 31.3. The Kier molecular flexibility index (Phi) is 10.6. The molecule has 3 amide bonds. The van der Waals surface area contributed by atoms with Crippen molar-refractivity contribution >= 4 is 44.9 Å². The van der Waals surface area contributed by atoms with Gasteiger partial charge in [-0.25, -0.2) is 4.31 Å². The number of imide groups is 1. The first-order valence-electron chi connectivity index (χ1n) is 17.3. The number of nitrogens with zero attached hydrogens (tertiary/aromatic N) is 1. The molecule has 6 rings (SSSR count). The topological polar surface area (TPSA) is 247 Å². The minimum Gasteiger partial charge on any atom is -0.756 e. The number of hydrogen-bond donors (Lipinski definition) is 2. The van der Waals surface area contributed by atoms with Crippen LogP contribution in [0, 0.1) is 28.6 Å². The normalized spacial score (nSPS) is 38.5. The van der Waals surface area contributed by atoms with Gasteiger partial charge in [-0.05, 0) is 56.1 Å². The number of hydrogen-bond acceptors (Lipinski definition) is 15. The van der Waals surface area contributed by atoms with Gasteiger partial charge in [0.05, 0.1) is 18.8 Å². The van der Waals surface area contributed by atoms with Gasteiger partial charge in [0.25, 0.3) is 27.5 Å². The fraction of sp³-hybridized carbons (Fsp3) is 0.667. The average Bonchev–Trinajstić information content (AvgIpc) is 3.66. The van der Waals surface area contributed by atoms with Crippen molar-refractivity contribution in [1.29, 1.82) is 0 Å². The maximum Gasteiger partial charge on any atom is 0.274 e. The molecule has 2 N–H and O–H groups in total. The molecule has 286 valence electrons. The molecule has 0 spiro atoms. The molecule has 19 heteroatoms. The summed E-state index contributed by atoms with van der Waals surface area (Å²) in [6, 6.07) is 0. The highest BCUT2D eigenvalue weighted by Crippen LogP contribution is 2.70. The summed E-state index contributed by atoms with van der Waals surface area (Å²) in [5.74, 6) is -3.65. The summed E-state index contributed by atoms with van der Waals surface area (Å²) in [5, 5.41) is 14.0. The van der Waals surface area contributed by atoms with E-state index in [1.807, 2.05) is 26.8 Å². The van der Waals surface area contributed by atoms with Crippen molar-refractivity contribution in [1.82, 2.24) is 10.2 Å². The summed E-state index contributed by atoms with van der Waals surface area (Å²) in [4.78, 5) is 87.3.